The van der Waals surface area contributed by atoms with Crippen LogP contribution in [0, 0.1) is 11.8 Å². The summed E-state index contributed by atoms with van der Waals surface area (Å²) in [5, 5.41) is 0. The lowest BCUT2D eigenvalue weighted by Gasteiger charge is -2.17. The molecule has 1 aliphatic rings. The van der Waals surface area contributed by atoms with Crippen molar-refractivity contribution in [3.05, 3.63) is 0 Å². The average molecular weight is 170 g/mol. The summed E-state index contributed by atoms with van der Waals surface area (Å²) in [6.45, 7) is 6.39. The lowest BCUT2D eigenvalue weighted by molar-refractivity contribution is -0.128. The summed E-state index contributed by atoms with van der Waals surface area (Å²) in [7, 11) is 0. The third kappa shape index (κ3) is 1.97. The van der Waals surface area contributed by atoms with Crippen LogP contribution in [0.5, 0.6) is 0 Å². The van der Waals surface area contributed by atoms with Crippen molar-refractivity contribution in [1.29, 1.82) is 0 Å². The fourth-order valence-electron chi connectivity index (χ4n) is 1.69. The molecular formula is C9H18N2O. The Morgan fingerprint density at radius 2 is 2.33 bits per heavy atom. The van der Waals surface area contributed by atoms with Crippen LogP contribution in [0.25, 0.3) is 0 Å². The molecule has 0 aromatic carbocycles. The third-order valence-electron chi connectivity index (χ3n) is 2.69. The molecule has 1 heterocycles. The molecule has 12 heavy (non-hydrogen) atoms. The smallest absolute Gasteiger partial charge is 0.236 e. The van der Waals surface area contributed by atoms with E-state index in [1.165, 1.54) is 0 Å². The number of nitrogens with two attached hydrogens (primary N) is 1. The van der Waals surface area contributed by atoms with Gasteiger partial charge in [0.2, 0.25) is 5.91 Å². The van der Waals surface area contributed by atoms with E-state index in [-0.39, 0.29) is 12.5 Å². The molecule has 1 atom stereocenters. The summed E-state index contributed by atoms with van der Waals surface area (Å²) >= 11 is 0. The van der Waals surface area contributed by atoms with Gasteiger partial charge in [-0.25, -0.2) is 0 Å². The largest absolute Gasteiger partial charge is 0.341 e. The summed E-state index contributed by atoms with van der Waals surface area (Å²) in [6, 6.07) is 0. The highest BCUT2D eigenvalue weighted by atomic mass is 16.2. The number of amides is 1. The van der Waals surface area contributed by atoms with Gasteiger partial charge in [0.05, 0.1) is 6.54 Å². The van der Waals surface area contributed by atoms with Crippen molar-refractivity contribution in [3.63, 3.8) is 0 Å². The van der Waals surface area contributed by atoms with Gasteiger partial charge in [0, 0.05) is 13.1 Å². The van der Waals surface area contributed by atoms with Crippen molar-refractivity contribution in [3.8, 4) is 0 Å². The second kappa shape index (κ2) is 3.90. The molecule has 1 aliphatic heterocycles. The highest BCUT2D eigenvalue weighted by Gasteiger charge is 2.26. The van der Waals surface area contributed by atoms with Crippen molar-refractivity contribution in [2.75, 3.05) is 19.6 Å². The predicted molar refractivity (Wildman–Crippen MR) is 48.6 cm³/mol. The first kappa shape index (κ1) is 9.52. The van der Waals surface area contributed by atoms with E-state index in [0.717, 1.165) is 19.5 Å². The maximum absolute atomic E-state index is 11.2. The fourth-order valence-corrected chi connectivity index (χ4v) is 1.69. The van der Waals surface area contributed by atoms with Gasteiger partial charge in [-0.3, -0.25) is 4.79 Å². The van der Waals surface area contributed by atoms with Crippen LogP contribution in [-0.2, 0) is 4.79 Å². The summed E-state index contributed by atoms with van der Waals surface area (Å²) < 4.78 is 0. The van der Waals surface area contributed by atoms with Crippen LogP contribution in [0.4, 0.5) is 0 Å². The molecule has 1 amide bonds. The average Bonchev–Trinajstić information content (AvgIpc) is 2.51. The summed E-state index contributed by atoms with van der Waals surface area (Å²) in [5.41, 5.74) is 5.28. The van der Waals surface area contributed by atoms with Crippen LogP contribution >= 0.6 is 0 Å². The summed E-state index contributed by atoms with van der Waals surface area (Å²) in [6.07, 6.45) is 1.14. The molecule has 1 fully saturated rings. The normalized spacial score (nSPS) is 23.7. The molecule has 70 valence electrons. The molecule has 0 aliphatic carbocycles. The van der Waals surface area contributed by atoms with Crippen LogP contribution in [0.2, 0.25) is 0 Å². The number of hydrogen-bond donors (Lipinski definition) is 1. The van der Waals surface area contributed by atoms with E-state index >= 15 is 0 Å². The molecule has 1 rings (SSSR count). The number of likely N-dealkylation sites (tertiary alicyclic amines) is 1. The van der Waals surface area contributed by atoms with E-state index < -0.39 is 0 Å². The van der Waals surface area contributed by atoms with Gasteiger partial charge in [0.25, 0.3) is 0 Å². The van der Waals surface area contributed by atoms with E-state index in [2.05, 4.69) is 13.8 Å². The molecule has 0 bridgehead atoms. The lowest BCUT2D eigenvalue weighted by atomic mass is 9.95. The van der Waals surface area contributed by atoms with E-state index in [9.17, 15) is 4.79 Å². The molecule has 0 radical (unpaired) electrons. The zero-order chi connectivity index (χ0) is 9.14. The Morgan fingerprint density at radius 1 is 1.67 bits per heavy atom. The highest BCUT2D eigenvalue weighted by Crippen LogP contribution is 2.23. The summed E-state index contributed by atoms with van der Waals surface area (Å²) in [5.74, 6) is 1.46. The molecule has 0 aromatic heterocycles. The maximum Gasteiger partial charge on any atom is 0.236 e. The van der Waals surface area contributed by atoms with Crippen LogP contribution in [0.1, 0.15) is 20.3 Å². The van der Waals surface area contributed by atoms with E-state index in [1.807, 2.05) is 4.90 Å². The molecular weight excluding hydrogens is 152 g/mol. The molecule has 1 unspecified atom stereocenters. The minimum absolute atomic E-state index is 0.0955. The number of carbonyl (C=O) groups is 1. The molecule has 2 N–H and O–H groups in total. The van der Waals surface area contributed by atoms with E-state index in [1.54, 1.807) is 0 Å². The summed E-state index contributed by atoms with van der Waals surface area (Å²) in [4.78, 5) is 13.1. The number of rotatable bonds is 2. The Bertz CT molecular complexity index is 168. The van der Waals surface area contributed by atoms with Gasteiger partial charge in [-0.1, -0.05) is 13.8 Å². The van der Waals surface area contributed by atoms with Gasteiger partial charge in [0.1, 0.15) is 0 Å². The monoisotopic (exact) mass is 170 g/mol. The van der Waals surface area contributed by atoms with E-state index in [0.29, 0.717) is 11.8 Å². The minimum Gasteiger partial charge on any atom is -0.341 e. The first-order valence-corrected chi connectivity index (χ1v) is 4.63. The second-order valence-corrected chi connectivity index (χ2v) is 3.84. The predicted octanol–water partition coefficient (Wildman–Crippen LogP) is 0.450. The van der Waals surface area contributed by atoms with Crippen LogP contribution in [0.15, 0.2) is 0 Å². The van der Waals surface area contributed by atoms with Crippen molar-refractivity contribution < 1.29 is 4.79 Å². The van der Waals surface area contributed by atoms with E-state index in [4.69, 9.17) is 5.73 Å². The van der Waals surface area contributed by atoms with Gasteiger partial charge < -0.3 is 10.6 Å². The minimum atomic E-state index is 0.0955. The molecule has 0 saturated carbocycles. The van der Waals surface area contributed by atoms with Crippen molar-refractivity contribution >= 4 is 5.91 Å². The molecule has 3 nitrogen and oxygen atoms in total. The Kier molecular flexibility index (Phi) is 3.09. The molecule has 0 spiro atoms. The SMILES string of the molecule is CC(C)C1CCN(C(=O)CN)C1. The Morgan fingerprint density at radius 3 is 2.75 bits per heavy atom. The van der Waals surface area contributed by atoms with Crippen LogP contribution in [-0.4, -0.2) is 30.4 Å². The maximum atomic E-state index is 11.2. The first-order chi connectivity index (χ1) is 5.65. The zero-order valence-electron chi connectivity index (χ0n) is 7.92. The third-order valence-corrected chi connectivity index (χ3v) is 2.69. The van der Waals surface area contributed by atoms with Gasteiger partial charge in [-0.15, -0.1) is 0 Å². The van der Waals surface area contributed by atoms with Gasteiger partial charge in [0.15, 0.2) is 0 Å². The zero-order valence-corrected chi connectivity index (χ0v) is 7.92. The quantitative estimate of drug-likeness (QED) is 0.654. The first-order valence-electron chi connectivity index (χ1n) is 4.63. The molecule has 0 aromatic rings. The van der Waals surface area contributed by atoms with Crippen molar-refractivity contribution in [2.24, 2.45) is 17.6 Å². The molecule has 1 saturated heterocycles. The second-order valence-electron chi connectivity index (χ2n) is 3.84. The van der Waals surface area contributed by atoms with Crippen LogP contribution < -0.4 is 5.73 Å². The number of nitrogens with zero attached hydrogens (tertiary/aromatic N) is 1. The van der Waals surface area contributed by atoms with Crippen molar-refractivity contribution in [2.45, 2.75) is 20.3 Å². The Labute approximate surface area is 73.9 Å². The fraction of sp³-hybridized carbons (Fsp3) is 0.889. The number of carbonyl (C=O) groups excluding carboxylic acids is 1. The van der Waals surface area contributed by atoms with Crippen LogP contribution in [0.3, 0.4) is 0 Å². The topological polar surface area (TPSA) is 46.3 Å². The standard InChI is InChI=1S/C9H18N2O/c1-7(2)8-3-4-11(6-8)9(12)5-10/h7-8H,3-6,10H2,1-2H3. The van der Waals surface area contributed by atoms with Gasteiger partial charge in [-0.05, 0) is 18.3 Å². The highest BCUT2D eigenvalue weighted by molar-refractivity contribution is 5.78. The van der Waals surface area contributed by atoms with Gasteiger partial charge >= 0.3 is 0 Å². The Hall–Kier alpha value is -0.570. The Balaban J connectivity index is 2.40. The van der Waals surface area contributed by atoms with Crippen molar-refractivity contribution in [1.82, 2.24) is 4.90 Å². The molecule has 3 heteroatoms. The lowest BCUT2D eigenvalue weighted by Crippen LogP contribution is -2.34. The van der Waals surface area contributed by atoms with Gasteiger partial charge in [-0.2, -0.15) is 0 Å². The number of hydrogen-bond acceptors (Lipinski definition) is 2.